The van der Waals surface area contributed by atoms with Gasteiger partial charge in [-0.3, -0.25) is 4.79 Å². The van der Waals surface area contributed by atoms with Crippen molar-refractivity contribution in [3.05, 3.63) is 45.9 Å². The maximum atomic E-state index is 11.9. The van der Waals surface area contributed by atoms with Crippen LogP contribution in [-0.2, 0) is 6.42 Å². The van der Waals surface area contributed by atoms with Gasteiger partial charge in [-0.05, 0) is 49.4 Å². The second-order valence-corrected chi connectivity index (χ2v) is 6.16. The number of fused-ring (bicyclic) bond motifs is 1. The molecule has 1 aliphatic heterocycles. The number of aryl methyl sites for hydroxylation is 1. The molecule has 0 amide bonds. The molecule has 4 nitrogen and oxygen atoms in total. The van der Waals surface area contributed by atoms with Crippen molar-refractivity contribution in [2.24, 2.45) is 0 Å². The van der Waals surface area contributed by atoms with E-state index in [1.807, 2.05) is 0 Å². The van der Waals surface area contributed by atoms with Crippen LogP contribution in [0.25, 0.3) is 11.4 Å². The highest BCUT2D eigenvalue weighted by Crippen LogP contribution is 2.39. The topological polar surface area (TPSA) is 49.0 Å². The van der Waals surface area contributed by atoms with Crippen molar-refractivity contribution in [1.82, 2.24) is 9.97 Å². The second kappa shape index (κ2) is 4.72. The van der Waals surface area contributed by atoms with Gasteiger partial charge in [-0.2, -0.15) is 0 Å². The molecule has 21 heavy (non-hydrogen) atoms. The largest absolute Gasteiger partial charge is 0.374 e. The number of nitrogens with one attached hydrogen (secondary N) is 1. The molecule has 2 heterocycles. The van der Waals surface area contributed by atoms with Gasteiger partial charge in [0.05, 0.1) is 5.69 Å². The summed E-state index contributed by atoms with van der Waals surface area (Å²) in [4.78, 5) is 21.7. The SMILES string of the molecule is CN1CCCc2cc(-c3nc(C4CC4)cc(=O)[nH]3)ccc21. The molecule has 1 fully saturated rings. The van der Waals surface area contributed by atoms with E-state index >= 15 is 0 Å². The standard InChI is InChI=1S/C17H19N3O/c1-20-8-2-3-12-9-13(6-7-15(12)20)17-18-14(11-4-5-11)10-16(21)19-17/h6-7,9-11H,2-5,8H2,1H3,(H,18,19,21). The minimum absolute atomic E-state index is 0.0447. The van der Waals surface area contributed by atoms with E-state index in [0.717, 1.165) is 37.1 Å². The molecule has 1 N–H and O–H groups in total. The molecule has 0 bridgehead atoms. The van der Waals surface area contributed by atoms with Crippen molar-refractivity contribution in [3.8, 4) is 11.4 Å². The van der Waals surface area contributed by atoms with Gasteiger partial charge in [-0.1, -0.05) is 0 Å². The van der Waals surface area contributed by atoms with Crippen LogP contribution in [0.1, 0.15) is 36.4 Å². The van der Waals surface area contributed by atoms with E-state index in [-0.39, 0.29) is 5.56 Å². The molecule has 0 unspecified atom stereocenters. The molecule has 0 spiro atoms. The Morgan fingerprint density at radius 1 is 1.29 bits per heavy atom. The van der Waals surface area contributed by atoms with E-state index in [1.165, 1.54) is 17.7 Å². The molecule has 4 heteroatoms. The van der Waals surface area contributed by atoms with Crippen molar-refractivity contribution in [3.63, 3.8) is 0 Å². The van der Waals surface area contributed by atoms with Crippen LogP contribution in [0.5, 0.6) is 0 Å². The third-order valence-electron chi connectivity index (χ3n) is 4.46. The minimum Gasteiger partial charge on any atom is -0.374 e. The number of hydrogen-bond donors (Lipinski definition) is 1. The lowest BCUT2D eigenvalue weighted by atomic mass is 9.99. The molecule has 2 aromatic rings. The molecule has 1 saturated carbocycles. The maximum absolute atomic E-state index is 11.9. The van der Waals surface area contributed by atoms with Gasteiger partial charge in [0.25, 0.3) is 5.56 Å². The molecule has 4 rings (SSSR count). The fourth-order valence-electron chi connectivity index (χ4n) is 3.13. The average molecular weight is 281 g/mol. The van der Waals surface area contributed by atoms with Crippen molar-refractivity contribution in [2.75, 3.05) is 18.5 Å². The Morgan fingerprint density at radius 2 is 2.14 bits per heavy atom. The van der Waals surface area contributed by atoms with Crippen molar-refractivity contribution in [2.45, 2.75) is 31.6 Å². The number of nitrogens with zero attached hydrogens (tertiary/aromatic N) is 2. The third-order valence-corrected chi connectivity index (χ3v) is 4.46. The Balaban J connectivity index is 1.78. The molecule has 1 aromatic heterocycles. The number of H-pyrrole nitrogens is 1. The summed E-state index contributed by atoms with van der Waals surface area (Å²) in [6, 6.07) is 8.04. The van der Waals surface area contributed by atoms with E-state index in [4.69, 9.17) is 0 Å². The molecule has 108 valence electrons. The summed E-state index contributed by atoms with van der Waals surface area (Å²) in [7, 11) is 2.13. The number of hydrogen-bond acceptors (Lipinski definition) is 3. The molecular formula is C17H19N3O. The Labute approximate surface area is 123 Å². The first-order valence-corrected chi connectivity index (χ1v) is 7.66. The molecule has 2 aliphatic rings. The van der Waals surface area contributed by atoms with Crippen LogP contribution in [-0.4, -0.2) is 23.6 Å². The highest BCUT2D eigenvalue weighted by Gasteiger charge is 2.26. The fraction of sp³-hybridized carbons (Fsp3) is 0.412. The Hall–Kier alpha value is -2.10. The number of rotatable bonds is 2. The highest BCUT2D eigenvalue weighted by atomic mass is 16.1. The first-order chi connectivity index (χ1) is 10.2. The van der Waals surface area contributed by atoms with E-state index in [0.29, 0.717) is 11.7 Å². The number of benzene rings is 1. The zero-order chi connectivity index (χ0) is 14.4. The summed E-state index contributed by atoms with van der Waals surface area (Å²) >= 11 is 0. The summed E-state index contributed by atoms with van der Waals surface area (Å²) in [6.45, 7) is 1.11. The number of aromatic amines is 1. The van der Waals surface area contributed by atoms with Crippen LogP contribution in [0.15, 0.2) is 29.1 Å². The quantitative estimate of drug-likeness (QED) is 0.920. The molecule has 0 atom stereocenters. The lowest BCUT2D eigenvalue weighted by molar-refractivity contribution is 0.744. The smallest absolute Gasteiger partial charge is 0.251 e. The summed E-state index contributed by atoms with van der Waals surface area (Å²) < 4.78 is 0. The van der Waals surface area contributed by atoms with Gasteiger partial charge in [0.15, 0.2) is 0 Å². The number of aromatic nitrogens is 2. The van der Waals surface area contributed by atoms with E-state index in [2.05, 4.69) is 40.1 Å². The monoisotopic (exact) mass is 281 g/mol. The van der Waals surface area contributed by atoms with Crippen LogP contribution in [0.4, 0.5) is 5.69 Å². The number of anilines is 1. The summed E-state index contributed by atoms with van der Waals surface area (Å²) in [6.07, 6.45) is 4.59. The van der Waals surface area contributed by atoms with Gasteiger partial charge in [-0.15, -0.1) is 0 Å². The predicted molar refractivity (Wildman–Crippen MR) is 83.9 cm³/mol. The highest BCUT2D eigenvalue weighted by molar-refractivity contribution is 5.65. The third kappa shape index (κ3) is 2.35. The molecule has 1 aliphatic carbocycles. The summed E-state index contributed by atoms with van der Waals surface area (Å²) in [5.41, 5.74) is 4.57. The van der Waals surface area contributed by atoms with Gasteiger partial charge >= 0.3 is 0 Å². The normalized spacial score (nSPS) is 17.7. The Kier molecular flexibility index (Phi) is 2.84. The van der Waals surface area contributed by atoms with E-state index in [1.54, 1.807) is 6.07 Å². The summed E-state index contributed by atoms with van der Waals surface area (Å²) in [5.74, 6) is 1.20. The van der Waals surface area contributed by atoms with Crippen LogP contribution < -0.4 is 10.5 Å². The Morgan fingerprint density at radius 3 is 2.95 bits per heavy atom. The first kappa shape index (κ1) is 12.6. The Bertz CT molecular complexity index is 746. The maximum Gasteiger partial charge on any atom is 0.251 e. The van der Waals surface area contributed by atoms with E-state index in [9.17, 15) is 4.79 Å². The zero-order valence-electron chi connectivity index (χ0n) is 12.2. The predicted octanol–water partition coefficient (Wildman–Crippen LogP) is 2.70. The minimum atomic E-state index is -0.0447. The van der Waals surface area contributed by atoms with Crippen LogP contribution in [0.3, 0.4) is 0 Å². The van der Waals surface area contributed by atoms with E-state index < -0.39 is 0 Å². The zero-order valence-corrected chi connectivity index (χ0v) is 12.2. The van der Waals surface area contributed by atoms with Gasteiger partial charge < -0.3 is 9.88 Å². The fourth-order valence-corrected chi connectivity index (χ4v) is 3.13. The van der Waals surface area contributed by atoms with Gasteiger partial charge in [-0.25, -0.2) is 4.98 Å². The molecule has 1 aromatic carbocycles. The molecule has 0 radical (unpaired) electrons. The van der Waals surface area contributed by atoms with Crippen molar-refractivity contribution >= 4 is 5.69 Å². The molecular weight excluding hydrogens is 262 g/mol. The molecule has 0 saturated heterocycles. The van der Waals surface area contributed by atoms with Gasteiger partial charge in [0.1, 0.15) is 5.82 Å². The van der Waals surface area contributed by atoms with Crippen molar-refractivity contribution < 1.29 is 0 Å². The second-order valence-electron chi connectivity index (χ2n) is 6.16. The van der Waals surface area contributed by atoms with Gasteiger partial charge in [0.2, 0.25) is 0 Å². The lowest BCUT2D eigenvalue weighted by Crippen LogP contribution is -2.24. The van der Waals surface area contributed by atoms with Crippen molar-refractivity contribution in [1.29, 1.82) is 0 Å². The van der Waals surface area contributed by atoms with Crippen LogP contribution in [0, 0.1) is 0 Å². The van der Waals surface area contributed by atoms with Crippen LogP contribution >= 0.6 is 0 Å². The summed E-state index contributed by atoms with van der Waals surface area (Å²) in [5, 5.41) is 0. The average Bonchev–Trinajstić information content (AvgIpc) is 3.31. The first-order valence-electron chi connectivity index (χ1n) is 7.66. The lowest BCUT2D eigenvalue weighted by Gasteiger charge is -2.27. The van der Waals surface area contributed by atoms with Gasteiger partial charge in [0, 0.05) is 36.8 Å². The van der Waals surface area contributed by atoms with Crippen LogP contribution in [0.2, 0.25) is 0 Å².